The second kappa shape index (κ2) is 6.30. The molecule has 1 aliphatic heterocycles. The van der Waals surface area contributed by atoms with Crippen LogP contribution in [-0.4, -0.2) is 41.2 Å². The highest BCUT2D eigenvalue weighted by molar-refractivity contribution is 5.96. The van der Waals surface area contributed by atoms with Crippen LogP contribution in [0.2, 0.25) is 0 Å². The van der Waals surface area contributed by atoms with E-state index in [4.69, 9.17) is 0 Å². The summed E-state index contributed by atoms with van der Waals surface area (Å²) in [5.74, 6) is -0.0340. The number of nitrogens with one attached hydrogen (secondary N) is 1. The molecule has 2 N–H and O–H groups in total. The van der Waals surface area contributed by atoms with E-state index in [1.54, 1.807) is 0 Å². The lowest BCUT2D eigenvalue weighted by atomic mass is 10.0. The van der Waals surface area contributed by atoms with Crippen LogP contribution in [0.5, 0.6) is 0 Å². The van der Waals surface area contributed by atoms with E-state index in [2.05, 4.69) is 41.2 Å². The van der Waals surface area contributed by atoms with Gasteiger partial charge in [-0.1, -0.05) is 6.07 Å². The summed E-state index contributed by atoms with van der Waals surface area (Å²) in [5, 5.41) is 14.2. The molecule has 1 aliphatic carbocycles. The number of aryl methyl sites for hydroxylation is 2. The number of aromatic nitrogens is 1. The molecule has 1 aromatic carbocycles. The number of anilines is 1. The van der Waals surface area contributed by atoms with Gasteiger partial charge in [-0.15, -0.1) is 0 Å². The van der Waals surface area contributed by atoms with Gasteiger partial charge in [0.05, 0.1) is 5.52 Å². The van der Waals surface area contributed by atoms with Crippen LogP contribution in [0.1, 0.15) is 30.4 Å². The molecule has 2 aliphatic rings. The Kier molecular flexibility index (Phi) is 4.12. The summed E-state index contributed by atoms with van der Waals surface area (Å²) in [6.45, 7) is 5.88. The maximum atomic E-state index is 12.1. The molecule has 0 radical (unpaired) electrons. The Morgan fingerprint density at radius 1 is 1.24 bits per heavy atom. The van der Waals surface area contributed by atoms with Crippen molar-refractivity contribution >= 4 is 22.5 Å². The number of amides is 1. The molecule has 4 rings (SSSR count). The van der Waals surface area contributed by atoms with Crippen LogP contribution in [0.25, 0.3) is 10.9 Å². The fraction of sp³-hybridized carbons (Fsp3) is 0.500. The van der Waals surface area contributed by atoms with Crippen molar-refractivity contribution in [2.45, 2.75) is 45.3 Å². The number of fused-ring (bicyclic) bond motifs is 1. The topological polar surface area (TPSA) is 65.5 Å². The third kappa shape index (κ3) is 3.09. The van der Waals surface area contributed by atoms with Gasteiger partial charge in [0, 0.05) is 36.4 Å². The zero-order chi connectivity index (χ0) is 17.6. The smallest absolute Gasteiger partial charge is 0.249 e. The van der Waals surface area contributed by atoms with Crippen molar-refractivity contribution in [3.05, 3.63) is 35.5 Å². The third-order valence-corrected chi connectivity index (χ3v) is 5.49. The van der Waals surface area contributed by atoms with Gasteiger partial charge in [0.2, 0.25) is 5.91 Å². The van der Waals surface area contributed by atoms with Crippen LogP contribution in [0, 0.1) is 19.8 Å². The highest BCUT2D eigenvalue weighted by Gasteiger charge is 2.36. The summed E-state index contributed by atoms with van der Waals surface area (Å²) in [4.78, 5) is 19.0. The minimum Gasteiger partial charge on any atom is -0.383 e. The van der Waals surface area contributed by atoms with E-state index in [1.807, 2.05) is 12.3 Å². The van der Waals surface area contributed by atoms with Crippen molar-refractivity contribution in [3.8, 4) is 0 Å². The maximum absolute atomic E-state index is 12.1. The summed E-state index contributed by atoms with van der Waals surface area (Å²) in [7, 11) is 0. The summed E-state index contributed by atoms with van der Waals surface area (Å²) < 4.78 is 0. The maximum Gasteiger partial charge on any atom is 0.249 e. The summed E-state index contributed by atoms with van der Waals surface area (Å²) in [5.41, 5.74) is 4.64. The molecule has 5 heteroatoms. The van der Waals surface area contributed by atoms with E-state index < -0.39 is 6.10 Å². The Hall–Kier alpha value is -2.14. The number of carbonyl (C=O) groups excluding carboxylic acids is 1. The molecule has 1 unspecified atom stereocenters. The summed E-state index contributed by atoms with van der Waals surface area (Å²) >= 11 is 0. The fourth-order valence-electron chi connectivity index (χ4n) is 3.82. The number of hydrogen-bond acceptors (Lipinski definition) is 4. The van der Waals surface area contributed by atoms with Crippen LogP contribution in [0.4, 0.5) is 5.69 Å². The molecule has 2 heterocycles. The first-order chi connectivity index (χ1) is 12.0. The van der Waals surface area contributed by atoms with Crippen LogP contribution in [0.15, 0.2) is 24.4 Å². The molecular weight excluding hydrogens is 314 g/mol. The molecular formula is C20H25N3O2. The Morgan fingerprint density at radius 2 is 2.04 bits per heavy atom. The normalized spacial score (nSPS) is 21.6. The molecule has 1 amide bonds. The quantitative estimate of drug-likeness (QED) is 0.897. The van der Waals surface area contributed by atoms with Crippen molar-refractivity contribution in [2.24, 2.45) is 5.92 Å². The molecule has 1 saturated heterocycles. The predicted molar refractivity (Wildman–Crippen MR) is 98.7 cm³/mol. The van der Waals surface area contributed by atoms with Crippen LogP contribution in [-0.2, 0) is 4.79 Å². The number of aliphatic hydroxyl groups excluding tert-OH is 1. The minimum atomic E-state index is -0.833. The second-order valence-corrected chi connectivity index (χ2v) is 7.48. The van der Waals surface area contributed by atoms with E-state index >= 15 is 0 Å². The van der Waals surface area contributed by atoms with Crippen molar-refractivity contribution in [3.63, 3.8) is 0 Å². The molecule has 5 nitrogen and oxygen atoms in total. The number of rotatable bonds is 4. The van der Waals surface area contributed by atoms with Crippen molar-refractivity contribution < 1.29 is 9.90 Å². The summed E-state index contributed by atoms with van der Waals surface area (Å²) in [6, 6.07) is 6.42. The van der Waals surface area contributed by atoms with Gasteiger partial charge in [-0.05, 0) is 62.3 Å². The number of carbonyl (C=O) groups is 1. The minimum absolute atomic E-state index is 0.0919. The average molecular weight is 339 g/mol. The zero-order valence-corrected chi connectivity index (χ0v) is 14.8. The first kappa shape index (κ1) is 16.3. The lowest BCUT2D eigenvalue weighted by Gasteiger charge is -2.22. The van der Waals surface area contributed by atoms with E-state index in [0.29, 0.717) is 0 Å². The van der Waals surface area contributed by atoms with Gasteiger partial charge in [-0.3, -0.25) is 9.78 Å². The van der Waals surface area contributed by atoms with E-state index in [9.17, 15) is 9.90 Å². The zero-order valence-electron chi connectivity index (χ0n) is 14.8. The molecule has 2 fully saturated rings. The standard InChI is InChI=1S/C20H25N3O2/c1-12-7-9-21-18-13(2)3-6-16(17(12)18)23-10-8-15(11-23)22-20(25)19(24)14-4-5-14/h3,6-7,9,14-15,19,24H,4-5,8,10-11H2,1-2H3,(H,22,25)/t15?,19-/m0/s1. The van der Waals surface area contributed by atoms with E-state index in [1.165, 1.54) is 22.2 Å². The largest absolute Gasteiger partial charge is 0.383 e. The number of aliphatic hydroxyl groups is 1. The van der Waals surface area contributed by atoms with Gasteiger partial charge in [-0.2, -0.15) is 0 Å². The number of pyridine rings is 1. The molecule has 2 atom stereocenters. The van der Waals surface area contributed by atoms with Gasteiger partial charge in [0.25, 0.3) is 0 Å². The average Bonchev–Trinajstić information content (AvgIpc) is 3.35. The Balaban J connectivity index is 1.53. The van der Waals surface area contributed by atoms with Gasteiger partial charge >= 0.3 is 0 Å². The molecule has 0 bridgehead atoms. The van der Waals surface area contributed by atoms with Crippen LogP contribution >= 0.6 is 0 Å². The molecule has 2 aromatic rings. The van der Waals surface area contributed by atoms with Gasteiger partial charge in [0.1, 0.15) is 6.10 Å². The Bertz CT molecular complexity index is 816. The number of hydrogen-bond donors (Lipinski definition) is 2. The van der Waals surface area contributed by atoms with Crippen LogP contribution < -0.4 is 10.2 Å². The third-order valence-electron chi connectivity index (χ3n) is 5.49. The van der Waals surface area contributed by atoms with E-state index in [-0.39, 0.29) is 17.9 Å². The summed E-state index contributed by atoms with van der Waals surface area (Å²) in [6.07, 6.45) is 3.86. The van der Waals surface area contributed by atoms with Crippen molar-refractivity contribution in [1.29, 1.82) is 0 Å². The van der Waals surface area contributed by atoms with Crippen LogP contribution in [0.3, 0.4) is 0 Å². The van der Waals surface area contributed by atoms with Gasteiger partial charge in [-0.25, -0.2) is 0 Å². The predicted octanol–water partition coefficient (Wildman–Crippen LogP) is 2.32. The van der Waals surface area contributed by atoms with Gasteiger partial charge < -0.3 is 15.3 Å². The fourth-order valence-corrected chi connectivity index (χ4v) is 3.82. The SMILES string of the molecule is Cc1ccc(N2CCC(NC(=O)[C@@H](O)C3CC3)C2)c2c(C)ccnc12. The number of benzene rings is 1. The molecule has 25 heavy (non-hydrogen) atoms. The Morgan fingerprint density at radius 3 is 2.80 bits per heavy atom. The van der Waals surface area contributed by atoms with E-state index in [0.717, 1.165) is 37.9 Å². The second-order valence-electron chi connectivity index (χ2n) is 7.48. The molecule has 132 valence electrons. The molecule has 1 aromatic heterocycles. The van der Waals surface area contributed by atoms with Gasteiger partial charge in [0.15, 0.2) is 0 Å². The first-order valence-corrected chi connectivity index (χ1v) is 9.13. The van der Waals surface area contributed by atoms with Crippen molar-refractivity contribution in [2.75, 3.05) is 18.0 Å². The molecule has 1 saturated carbocycles. The lowest BCUT2D eigenvalue weighted by molar-refractivity contribution is -0.130. The monoisotopic (exact) mass is 339 g/mol. The highest BCUT2D eigenvalue weighted by atomic mass is 16.3. The van der Waals surface area contributed by atoms with Crippen molar-refractivity contribution in [1.82, 2.24) is 10.3 Å². The lowest BCUT2D eigenvalue weighted by Crippen LogP contribution is -2.43. The highest BCUT2D eigenvalue weighted by Crippen LogP contribution is 2.34. The Labute approximate surface area is 148 Å². The number of nitrogens with zero attached hydrogens (tertiary/aromatic N) is 2. The first-order valence-electron chi connectivity index (χ1n) is 9.13. The molecule has 0 spiro atoms.